The number of piperazine rings is 1. The van der Waals surface area contributed by atoms with Crippen LogP contribution in [0.5, 0.6) is 0 Å². The highest BCUT2D eigenvalue weighted by Gasteiger charge is 2.31. The molecule has 0 aromatic heterocycles. The average molecular weight is 269 g/mol. The van der Waals surface area contributed by atoms with E-state index in [9.17, 15) is 4.79 Å². The molecular weight excluding hydrogens is 242 g/mol. The van der Waals surface area contributed by atoms with E-state index in [-0.39, 0.29) is 12.0 Å². The summed E-state index contributed by atoms with van der Waals surface area (Å²) in [7, 11) is 0. The Balaban J connectivity index is 1.79. The molecule has 0 aromatic carbocycles. The standard InChI is InChI=1S/C14H27N3O2/c1-2-12(5-6-15)16-7-9-17(10-8-16)14(18)13-4-3-11-19-13/h12-13H,2-11,15H2,1H3. The van der Waals surface area contributed by atoms with E-state index in [1.54, 1.807) is 0 Å². The molecule has 2 heterocycles. The second kappa shape index (κ2) is 7.22. The van der Waals surface area contributed by atoms with Gasteiger partial charge in [0.25, 0.3) is 5.91 Å². The summed E-state index contributed by atoms with van der Waals surface area (Å²) < 4.78 is 5.48. The number of rotatable bonds is 5. The Labute approximate surface area is 116 Å². The summed E-state index contributed by atoms with van der Waals surface area (Å²) in [6.45, 7) is 7.30. The molecule has 2 unspecified atom stereocenters. The zero-order valence-electron chi connectivity index (χ0n) is 12.0. The van der Waals surface area contributed by atoms with Crippen LogP contribution in [0, 0.1) is 0 Å². The predicted molar refractivity (Wildman–Crippen MR) is 74.9 cm³/mol. The van der Waals surface area contributed by atoms with Crippen molar-refractivity contribution in [3.8, 4) is 0 Å². The minimum Gasteiger partial charge on any atom is -0.368 e. The topological polar surface area (TPSA) is 58.8 Å². The molecule has 2 N–H and O–H groups in total. The van der Waals surface area contributed by atoms with Crippen molar-refractivity contribution in [3.63, 3.8) is 0 Å². The van der Waals surface area contributed by atoms with Crippen molar-refractivity contribution >= 4 is 5.91 Å². The molecule has 0 spiro atoms. The number of hydrogen-bond acceptors (Lipinski definition) is 4. The first kappa shape index (κ1) is 14.8. The van der Waals surface area contributed by atoms with Gasteiger partial charge in [-0.15, -0.1) is 0 Å². The van der Waals surface area contributed by atoms with Crippen molar-refractivity contribution in [2.75, 3.05) is 39.3 Å². The van der Waals surface area contributed by atoms with Crippen LogP contribution in [0.3, 0.4) is 0 Å². The summed E-state index contributed by atoms with van der Waals surface area (Å²) >= 11 is 0. The van der Waals surface area contributed by atoms with Gasteiger partial charge in [0, 0.05) is 38.8 Å². The molecule has 2 atom stereocenters. The van der Waals surface area contributed by atoms with Gasteiger partial charge in [0.1, 0.15) is 6.10 Å². The van der Waals surface area contributed by atoms with E-state index in [0.717, 1.165) is 65.0 Å². The molecule has 0 aromatic rings. The summed E-state index contributed by atoms with van der Waals surface area (Å²) in [5.74, 6) is 0.198. The fourth-order valence-electron chi connectivity index (χ4n) is 3.12. The second-order valence-corrected chi connectivity index (χ2v) is 5.50. The number of amides is 1. The molecule has 5 heteroatoms. The van der Waals surface area contributed by atoms with Gasteiger partial charge in [-0.1, -0.05) is 6.92 Å². The normalized spacial score (nSPS) is 26.6. The third-order valence-electron chi connectivity index (χ3n) is 4.32. The van der Waals surface area contributed by atoms with Crippen LogP contribution in [0.15, 0.2) is 0 Å². The van der Waals surface area contributed by atoms with Crippen molar-refractivity contribution < 1.29 is 9.53 Å². The van der Waals surface area contributed by atoms with Gasteiger partial charge in [-0.3, -0.25) is 9.69 Å². The van der Waals surface area contributed by atoms with Gasteiger partial charge in [0.05, 0.1) is 0 Å². The second-order valence-electron chi connectivity index (χ2n) is 5.50. The highest BCUT2D eigenvalue weighted by molar-refractivity contribution is 5.81. The van der Waals surface area contributed by atoms with E-state index in [4.69, 9.17) is 10.5 Å². The lowest BCUT2D eigenvalue weighted by molar-refractivity contribution is -0.143. The van der Waals surface area contributed by atoms with Crippen LogP contribution in [0.4, 0.5) is 0 Å². The Bertz CT molecular complexity index is 284. The lowest BCUT2D eigenvalue weighted by Crippen LogP contribution is -2.54. The van der Waals surface area contributed by atoms with E-state index in [2.05, 4.69) is 11.8 Å². The number of ether oxygens (including phenoxy) is 1. The molecule has 2 aliphatic rings. The fourth-order valence-corrected chi connectivity index (χ4v) is 3.12. The molecule has 2 saturated heterocycles. The van der Waals surface area contributed by atoms with Gasteiger partial charge >= 0.3 is 0 Å². The van der Waals surface area contributed by atoms with Gasteiger partial charge in [-0.05, 0) is 32.2 Å². The lowest BCUT2D eigenvalue weighted by Gasteiger charge is -2.39. The Hall–Kier alpha value is -0.650. The zero-order chi connectivity index (χ0) is 13.7. The molecule has 0 aliphatic carbocycles. The van der Waals surface area contributed by atoms with Crippen LogP contribution in [0.2, 0.25) is 0 Å². The van der Waals surface area contributed by atoms with Crippen molar-refractivity contribution in [2.24, 2.45) is 5.73 Å². The van der Waals surface area contributed by atoms with Gasteiger partial charge in [0.2, 0.25) is 0 Å². The molecule has 5 nitrogen and oxygen atoms in total. The Morgan fingerprint density at radius 1 is 1.37 bits per heavy atom. The van der Waals surface area contributed by atoms with Crippen LogP contribution in [0.1, 0.15) is 32.6 Å². The monoisotopic (exact) mass is 269 g/mol. The zero-order valence-corrected chi connectivity index (χ0v) is 12.0. The first-order valence-corrected chi connectivity index (χ1v) is 7.60. The molecular formula is C14H27N3O2. The van der Waals surface area contributed by atoms with Crippen molar-refractivity contribution in [1.29, 1.82) is 0 Å². The summed E-state index contributed by atoms with van der Waals surface area (Å²) in [5.41, 5.74) is 5.66. The van der Waals surface area contributed by atoms with E-state index in [1.807, 2.05) is 4.90 Å². The first-order chi connectivity index (χ1) is 9.26. The van der Waals surface area contributed by atoms with E-state index < -0.39 is 0 Å². The van der Waals surface area contributed by atoms with Crippen molar-refractivity contribution in [3.05, 3.63) is 0 Å². The van der Waals surface area contributed by atoms with Gasteiger partial charge in [-0.2, -0.15) is 0 Å². The Morgan fingerprint density at radius 2 is 2.11 bits per heavy atom. The molecule has 1 amide bonds. The van der Waals surface area contributed by atoms with E-state index in [1.165, 1.54) is 0 Å². The minimum atomic E-state index is -0.169. The maximum absolute atomic E-state index is 12.2. The number of carbonyl (C=O) groups excluding carboxylic acids is 1. The van der Waals surface area contributed by atoms with Gasteiger partial charge in [0.15, 0.2) is 0 Å². The van der Waals surface area contributed by atoms with E-state index in [0.29, 0.717) is 6.04 Å². The quantitative estimate of drug-likeness (QED) is 0.786. The minimum absolute atomic E-state index is 0.169. The molecule has 19 heavy (non-hydrogen) atoms. The Kier molecular flexibility index (Phi) is 5.60. The highest BCUT2D eigenvalue weighted by atomic mass is 16.5. The maximum Gasteiger partial charge on any atom is 0.251 e. The fraction of sp³-hybridized carbons (Fsp3) is 0.929. The third-order valence-corrected chi connectivity index (χ3v) is 4.32. The maximum atomic E-state index is 12.2. The third kappa shape index (κ3) is 3.68. The summed E-state index contributed by atoms with van der Waals surface area (Å²) in [4.78, 5) is 16.7. The molecule has 2 aliphatic heterocycles. The van der Waals surface area contributed by atoms with Gasteiger partial charge < -0.3 is 15.4 Å². The number of nitrogens with zero attached hydrogens (tertiary/aromatic N) is 2. The summed E-state index contributed by atoms with van der Waals surface area (Å²) in [5, 5.41) is 0. The van der Waals surface area contributed by atoms with Crippen LogP contribution in [-0.4, -0.2) is 67.2 Å². The summed E-state index contributed by atoms with van der Waals surface area (Å²) in [6.07, 6.45) is 3.93. The van der Waals surface area contributed by atoms with Crippen molar-refractivity contribution in [1.82, 2.24) is 9.80 Å². The largest absolute Gasteiger partial charge is 0.368 e. The first-order valence-electron chi connectivity index (χ1n) is 7.60. The number of carbonyl (C=O) groups is 1. The van der Waals surface area contributed by atoms with Crippen LogP contribution < -0.4 is 5.73 Å². The van der Waals surface area contributed by atoms with Crippen molar-refractivity contribution in [2.45, 2.75) is 44.8 Å². The lowest BCUT2D eigenvalue weighted by atomic mass is 10.1. The Morgan fingerprint density at radius 3 is 2.63 bits per heavy atom. The molecule has 2 rings (SSSR count). The molecule has 0 bridgehead atoms. The van der Waals surface area contributed by atoms with Crippen LogP contribution in [0.25, 0.3) is 0 Å². The number of nitrogens with two attached hydrogens (primary N) is 1. The SMILES string of the molecule is CCC(CCN)N1CCN(C(=O)C2CCCO2)CC1. The van der Waals surface area contributed by atoms with Crippen LogP contribution in [-0.2, 0) is 9.53 Å². The average Bonchev–Trinajstić information content (AvgIpc) is 2.98. The molecule has 110 valence electrons. The molecule has 0 radical (unpaired) electrons. The summed E-state index contributed by atoms with van der Waals surface area (Å²) in [6, 6.07) is 0.574. The predicted octanol–water partition coefficient (Wildman–Crippen LogP) is 0.437. The van der Waals surface area contributed by atoms with Crippen LogP contribution >= 0.6 is 0 Å². The number of hydrogen-bond donors (Lipinski definition) is 1. The van der Waals surface area contributed by atoms with Gasteiger partial charge in [-0.25, -0.2) is 0 Å². The highest BCUT2D eigenvalue weighted by Crippen LogP contribution is 2.17. The molecule has 0 saturated carbocycles. The smallest absolute Gasteiger partial charge is 0.251 e. The van der Waals surface area contributed by atoms with E-state index >= 15 is 0 Å². The molecule has 2 fully saturated rings.